The highest BCUT2D eigenvalue weighted by Crippen LogP contribution is 2.50. The zero-order chi connectivity index (χ0) is 46.0. The summed E-state index contributed by atoms with van der Waals surface area (Å²) in [5.41, 5.74) is 20.7. The average molecular weight is 869 g/mol. The van der Waals surface area contributed by atoms with Gasteiger partial charge in [-0.1, -0.05) is 157 Å². The van der Waals surface area contributed by atoms with Crippen LogP contribution in [0.2, 0.25) is 0 Å². The van der Waals surface area contributed by atoms with E-state index in [9.17, 15) is 0 Å². The van der Waals surface area contributed by atoms with Crippen molar-refractivity contribution >= 4 is 90.1 Å². The van der Waals surface area contributed by atoms with Crippen LogP contribution in [0.15, 0.2) is 168 Å². The molecule has 0 saturated carbocycles. The molecule has 1 aromatic heterocycles. The van der Waals surface area contributed by atoms with Crippen LogP contribution in [0.3, 0.4) is 0 Å². The summed E-state index contributed by atoms with van der Waals surface area (Å²) in [6.07, 6.45) is 2.33. The molecule has 0 bridgehead atoms. The highest BCUT2D eigenvalue weighted by atomic mass is 16.3. The normalized spacial score (nSPS) is 15.1. The number of furan rings is 1. The molecule has 12 rings (SSSR count). The highest BCUT2D eigenvalue weighted by Gasteiger charge is 2.38. The third kappa shape index (κ3) is 6.86. The Hall–Kier alpha value is -7.04. The largest absolute Gasteiger partial charge is 0.456 e. The van der Waals surface area contributed by atoms with Crippen LogP contribution in [0.25, 0.3) is 65.7 Å². The van der Waals surface area contributed by atoms with E-state index in [1.807, 2.05) is 0 Å². The van der Waals surface area contributed by atoms with E-state index < -0.39 is 0 Å². The van der Waals surface area contributed by atoms with Crippen molar-refractivity contribution in [2.24, 2.45) is 0 Å². The predicted molar refractivity (Wildman–Crippen MR) is 289 cm³/mol. The Labute approximate surface area is 395 Å². The minimum Gasteiger partial charge on any atom is -0.456 e. The molecule has 2 aliphatic rings. The van der Waals surface area contributed by atoms with Crippen LogP contribution in [0.5, 0.6) is 0 Å². The molecule has 0 saturated heterocycles. The van der Waals surface area contributed by atoms with Crippen LogP contribution in [0.4, 0.5) is 28.4 Å². The molecule has 0 atom stereocenters. The molecule has 9 aromatic carbocycles. The maximum absolute atomic E-state index is 6.99. The molecule has 10 aromatic rings. The minimum absolute atomic E-state index is 0.0677. The average Bonchev–Trinajstić information content (AvgIpc) is 3.67. The minimum atomic E-state index is 0.0677. The standard InChI is InChI=1S/C63H57BN2O/c1-38-30-42(39-16-10-9-11-17-39)22-27-54(38)66-55-37-58-48(47-34-50-51(36-57(47)67-58)63(7,8)29-28-62(50,5)6)35-52(55)64-60-56(66)33-43-20-14-15-21-46(43)59(60)49-31-40-18-12-13-19-41(40)32-53(49)65-45-25-23-44(24-26-45)61(2,3)4/h9-27,30-37,64-65H,28-29H2,1-8H3. The van der Waals surface area contributed by atoms with Gasteiger partial charge >= 0.3 is 0 Å². The lowest BCUT2D eigenvalue weighted by molar-refractivity contribution is 0.332. The summed E-state index contributed by atoms with van der Waals surface area (Å²) in [5.74, 6) is 0. The molecule has 328 valence electrons. The van der Waals surface area contributed by atoms with Crippen LogP contribution in [-0.2, 0) is 16.2 Å². The van der Waals surface area contributed by atoms with Gasteiger partial charge in [0.2, 0.25) is 0 Å². The summed E-state index contributed by atoms with van der Waals surface area (Å²) < 4.78 is 6.99. The van der Waals surface area contributed by atoms with E-state index in [1.165, 1.54) is 99.9 Å². The Morgan fingerprint density at radius 1 is 0.552 bits per heavy atom. The first kappa shape index (κ1) is 41.4. The molecule has 0 spiro atoms. The van der Waals surface area contributed by atoms with Crippen LogP contribution in [0, 0.1) is 6.92 Å². The lowest BCUT2D eigenvalue weighted by Gasteiger charge is -2.41. The van der Waals surface area contributed by atoms with E-state index in [0.717, 1.165) is 47.6 Å². The van der Waals surface area contributed by atoms with E-state index in [4.69, 9.17) is 4.42 Å². The van der Waals surface area contributed by atoms with Crippen molar-refractivity contribution in [3.05, 3.63) is 186 Å². The second-order valence-electron chi connectivity index (χ2n) is 21.8. The van der Waals surface area contributed by atoms with Gasteiger partial charge in [0.05, 0.1) is 0 Å². The fourth-order valence-electron chi connectivity index (χ4n) is 11.4. The van der Waals surface area contributed by atoms with Crippen molar-refractivity contribution < 1.29 is 4.42 Å². The molecule has 1 aliphatic heterocycles. The summed E-state index contributed by atoms with van der Waals surface area (Å²) >= 11 is 0. The molecule has 1 N–H and O–H groups in total. The fourth-order valence-corrected chi connectivity index (χ4v) is 11.4. The topological polar surface area (TPSA) is 28.4 Å². The smallest absolute Gasteiger partial charge is 0.198 e. The van der Waals surface area contributed by atoms with Crippen LogP contribution < -0.4 is 21.1 Å². The van der Waals surface area contributed by atoms with Crippen molar-refractivity contribution in [3.63, 3.8) is 0 Å². The third-order valence-electron chi connectivity index (χ3n) is 15.4. The number of nitrogens with zero attached hydrogens (tertiary/aromatic N) is 1. The Kier molecular flexibility index (Phi) is 9.26. The van der Waals surface area contributed by atoms with Gasteiger partial charge in [-0.05, 0) is 157 Å². The van der Waals surface area contributed by atoms with Gasteiger partial charge in [-0.25, -0.2) is 0 Å². The maximum Gasteiger partial charge on any atom is 0.198 e. The van der Waals surface area contributed by atoms with Gasteiger partial charge < -0.3 is 14.6 Å². The second kappa shape index (κ2) is 15.0. The summed E-state index contributed by atoms with van der Waals surface area (Å²) in [6, 6.07) is 61.3. The molecule has 4 heteroatoms. The zero-order valence-electron chi connectivity index (χ0n) is 40.1. The van der Waals surface area contributed by atoms with E-state index in [1.54, 1.807) is 0 Å². The first-order valence-electron chi connectivity index (χ1n) is 24.2. The Bertz CT molecular complexity index is 3630. The monoisotopic (exact) mass is 868 g/mol. The number of aryl methyl sites for hydroxylation is 1. The molecule has 0 unspecified atom stereocenters. The number of benzene rings is 9. The van der Waals surface area contributed by atoms with Crippen LogP contribution in [-0.4, -0.2) is 7.28 Å². The maximum atomic E-state index is 6.99. The third-order valence-corrected chi connectivity index (χ3v) is 15.4. The molecule has 0 radical (unpaired) electrons. The van der Waals surface area contributed by atoms with Gasteiger partial charge in [-0.3, -0.25) is 0 Å². The van der Waals surface area contributed by atoms with Gasteiger partial charge in [0, 0.05) is 50.8 Å². The highest BCUT2D eigenvalue weighted by molar-refractivity contribution is 6.74. The van der Waals surface area contributed by atoms with Crippen LogP contribution >= 0.6 is 0 Å². The second-order valence-corrected chi connectivity index (χ2v) is 21.8. The van der Waals surface area contributed by atoms with Gasteiger partial charge in [-0.15, -0.1) is 0 Å². The van der Waals surface area contributed by atoms with Crippen molar-refractivity contribution in [2.75, 3.05) is 10.2 Å². The first-order chi connectivity index (χ1) is 32.2. The first-order valence-corrected chi connectivity index (χ1v) is 24.2. The number of fused-ring (bicyclic) bond motifs is 8. The van der Waals surface area contributed by atoms with Gasteiger partial charge in [0.15, 0.2) is 7.28 Å². The predicted octanol–water partition coefficient (Wildman–Crippen LogP) is 16.1. The zero-order valence-corrected chi connectivity index (χ0v) is 40.1. The Morgan fingerprint density at radius 3 is 1.91 bits per heavy atom. The van der Waals surface area contributed by atoms with Crippen molar-refractivity contribution in [1.82, 2.24) is 0 Å². The van der Waals surface area contributed by atoms with Gasteiger partial charge in [0.1, 0.15) is 11.2 Å². The summed E-state index contributed by atoms with van der Waals surface area (Å²) in [4.78, 5) is 2.54. The number of nitrogens with one attached hydrogen (secondary N) is 1. The molecule has 0 fully saturated rings. The number of hydrogen-bond acceptors (Lipinski definition) is 3. The molecule has 1 aliphatic carbocycles. The molecule has 0 amide bonds. The van der Waals surface area contributed by atoms with Crippen molar-refractivity contribution in [2.45, 2.75) is 84.5 Å². The van der Waals surface area contributed by atoms with E-state index in [-0.39, 0.29) is 16.2 Å². The summed E-state index contributed by atoms with van der Waals surface area (Å²) in [5, 5.41) is 11.2. The molecule has 2 heterocycles. The Morgan fingerprint density at radius 2 is 1.19 bits per heavy atom. The number of anilines is 5. The molecule has 3 nitrogen and oxygen atoms in total. The molecule has 67 heavy (non-hydrogen) atoms. The van der Waals surface area contributed by atoms with Crippen LogP contribution in [0.1, 0.15) is 83.6 Å². The number of rotatable bonds is 5. The molecular weight excluding hydrogens is 812 g/mol. The van der Waals surface area contributed by atoms with Crippen molar-refractivity contribution in [1.29, 1.82) is 0 Å². The Balaban J connectivity index is 1.13. The van der Waals surface area contributed by atoms with E-state index in [0.29, 0.717) is 0 Å². The summed E-state index contributed by atoms with van der Waals surface area (Å²) in [7, 11) is 0.765. The quantitative estimate of drug-likeness (QED) is 0.175. The van der Waals surface area contributed by atoms with Gasteiger partial charge in [-0.2, -0.15) is 0 Å². The van der Waals surface area contributed by atoms with E-state index >= 15 is 0 Å². The molecular formula is C63H57BN2O. The van der Waals surface area contributed by atoms with Crippen molar-refractivity contribution in [3.8, 4) is 22.3 Å². The summed E-state index contributed by atoms with van der Waals surface area (Å²) in [6.45, 7) is 18.7. The number of hydrogen-bond donors (Lipinski definition) is 1. The lowest BCUT2D eigenvalue weighted by Crippen LogP contribution is -2.41. The SMILES string of the molecule is Cc1cc(-c2ccccc2)ccc1N1c2cc3oc4cc5c(cc4c3cc2Bc2c1cc1ccccc1c2-c1cc2ccccc2cc1Nc1ccc(C(C)(C)C)cc1)C(C)(C)CCC5(C)C. The van der Waals surface area contributed by atoms with E-state index in [2.05, 4.69) is 229 Å². The lowest BCUT2D eigenvalue weighted by atomic mass is 9.57. The fraction of sp³-hybridized carbons (Fsp3) is 0.206. The van der Waals surface area contributed by atoms with Gasteiger partial charge in [0.25, 0.3) is 0 Å².